The zero-order chi connectivity index (χ0) is 17.9. The van der Waals surface area contributed by atoms with Crippen LogP contribution in [0.3, 0.4) is 0 Å². The van der Waals surface area contributed by atoms with Gasteiger partial charge in [0, 0.05) is 25.5 Å². The molecule has 0 amide bonds. The second-order valence-electron chi connectivity index (χ2n) is 6.26. The van der Waals surface area contributed by atoms with Gasteiger partial charge in [-0.15, -0.1) is 0 Å². The second-order valence-corrected chi connectivity index (χ2v) is 6.26. The van der Waals surface area contributed by atoms with E-state index in [1.165, 1.54) is 0 Å². The summed E-state index contributed by atoms with van der Waals surface area (Å²) in [5.74, 6) is 0.112. The van der Waals surface area contributed by atoms with E-state index in [1.807, 2.05) is 17.0 Å². The fraction of sp³-hybridized carbons (Fsp3) is 0.389. The van der Waals surface area contributed by atoms with Gasteiger partial charge in [-0.2, -0.15) is 0 Å². The summed E-state index contributed by atoms with van der Waals surface area (Å²) in [6.07, 6.45) is 2.84. The molecule has 3 rings (SSSR count). The Labute approximate surface area is 145 Å². The van der Waals surface area contributed by atoms with Crippen molar-refractivity contribution in [2.24, 2.45) is 5.41 Å². The first-order valence-corrected chi connectivity index (χ1v) is 8.11. The van der Waals surface area contributed by atoms with Crippen molar-refractivity contribution in [2.45, 2.75) is 18.9 Å². The number of rotatable bonds is 5. The lowest BCUT2D eigenvalue weighted by Gasteiger charge is -2.43. The number of anilines is 1. The van der Waals surface area contributed by atoms with Crippen LogP contribution in [0, 0.1) is 5.41 Å². The molecule has 0 spiro atoms. The molecule has 2 aromatic rings. The molecule has 2 heterocycles. The quantitative estimate of drug-likeness (QED) is 0.846. The number of aliphatic hydroxyl groups is 1. The van der Waals surface area contributed by atoms with Gasteiger partial charge < -0.3 is 19.8 Å². The highest BCUT2D eigenvalue weighted by atomic mass is 16.5. The van der Waals surface area contributed by atoms with Crippen molar-refractivity contribution in [3.63, 3.8) is 0 Å². The van der Waals surface area contributed by atoms with Gasteiger partial charge in [-0.25, -0.2) is 9.97 Å². The molecule has 132 valence electrons. The number of piperidine rings is 1. The van der Waals surface area contributed by atoms with Crippen LogP contribution in [0.25, 0.3) is 0 Å². The number of aromatic nitrogens is 2. The van der Waals surface area contributed by atoms with Crippen molar-refractivity contribution in [1.82, 2.24) is 9.97 Å². The van der Waals surface area contributed by atoms with Gasteiger partial charge in [-0.1, -0.05) is 12.1 Å². The van der Waals surface area contributed by atoms with Gasteiger partial charge in [0.2, 0.25) is 5.95 Å². The van der Waals surface area contributed by atoms with E-state index >= 15 is 0 Å². The van der Waals surface area contributed by atoms with Crippen LogP contribution in [0.2, 0.25) is 0 Å². The fourth-order valence-corrected chi connectivity index (χ4v) is 3.31. The number of hydrogen-bond acceptors (Lipinski definition) is 6. The second kappa shape index (κ2) is 7.06. The van der Waals surface area contributed by atoms with Gasteiger partial charge in [-0.05, 0) is 36.6 Å². The van der Waals surface area contributed by atoms with Gasteiger partial charge in [-0.3, -0.25) is 4.79 Å². The van der Waals surface area contributed by atoms with Gasteiger partial charge in [0.25, 0.3) is 0 Å². The molecule has 0 aliphatic carbocycles. The predicted octanol–water partition coefficient (Wildman–Crippen LogP) is 1.37. The fourth-order valence-electron chi connectivity index (χ4n) is 3.31. The Bertz CT molecular complexity index is 740. The molecule has 2 atom stereocenters. The summed E-state index contributed by atoms with van der Waals surface area (Å²) >= 11 is 0. The number of methoxy groups -OCH3 is 1. The summed E-state index contributed by atoms with van der Waals surface area (Å²) in [5.41, 5.74) is -0.527. The molecule has 1 fully saturated rings. The minimum Gasteiger partial charge on any atom is -0.497 e. The molecule has 2 N–H and O–H groups in total. The first kappa shape index (κ1) is 17.2. The third-order valence-electron chi connectivity index (χ3n) is 4.70. The molecule has 1 aliphatic rings. The zero-order valence-electron chi connectivity index (χ0n) is 14.0. The molecular formula is C18H21N3O4. The molecule has 0 radical (unpaired) electrons. The van der Waals surface area contributed by atoms with Crippen LogP contribution in [-0.4, -0.2) is 52.5 Å². The maximum Gasteiger partial charge on any atom is 0.314 e. The van der Waals surface area contributed by atoms with Crippen molar-refractivity contribution in [3.8, 4) is 5.75 Å². The van der Waals surface area contributed by atoms with Crippen LogP contribution in [-0.2, 0) is 11.2 Å². The Morgan fingerprint density at radius 1 is 1.36 bits per heavy atom. The lowest BCUT2D eigenvalue weighted by Crippen LogP contribution is -2.57. The molecule has 25 heavy (non-hydrogen) atoms. The number of carbonyl (C=O) groups is 1. The van der Waals surface area contributed by atoms with Crippen molar-refractivity contribution >= 4 is 11.9 Å². The van der Waals surface area contributed by atoms with Crippen LogP contribution in [0.5, 0.6) is 5.75 Å². The van der Waals surface area contributed by atoms with Crippen LogP contribution in [0.1, 0.15) is 12.0 Å². The Balaban J connectivity index is 1.92. The summed E-state index contributed by atoms with van der Waals surface area (Å²) in [6.45, 7) is 0.656. The van der Waals surface area contributed by atoms with E-state index in [0.29, 0.717) is 24.7 Å². The Morgan fingerprint density at radius 3 is 2.80 bits per heavy atom. The summed E-state index contributed by atoms with van der Waals surface area (Å²) in [4.78, 5) is 22.4. The third-order valence-corrected chi connectivity index (χ3v) is 4.70. The summed E-state index contributed by atoms with van der Waals surface area (Å²) in [7, 11) is 1.57. The number of hydrogen-bond donors (Lipinski definition) is 2. The number of aliphatic carboxylic acids is 1. The number of carboxylic acids is 1. The van der Waals surface area contributed by atoms with Crippen molar-refractivity contribution in [2.75, 3.05) is 25.1 Å². The molecule has 0 unspecified atom stereocenters. The molecule has 7 nitrogen and oxygen atoms in total. The van der Waals surface area contributed by atoms with Gasteiger partial charge >= 0.3 is 5.97 Å². The minimum atomic E-state index is -1.33. The number of aliphatic hydroxyl groups excluding tert-OH is 1. The first-order chi connectivity index (χ1) is 12.0. The smallest absolute Gasteiger partial charge is 0.314 e. The normalized spacial score (nSPS) is 23.3. The predicted molar refractivity (Wildman–Crippen MR) is 91.6 cm³/mol. The maximum absolute atomic E-state index is 12.2. The Hall–Kier alpha value is -2.67. The van der Waals surface area contributed by atoms with Crippen LogP contribution in [0.15, 0.2) is 42.7 Å². The first-order valence-electron chi connectivity index (χ1n) is 8.11. The molecule has 1 aromatic heterocycles. The standard InChI is InChI=1S/C18H21N3O4/c1-25-14-5-2-4-13(10-14)11-18(16(23)24)12-21(9-6-15(18)22)17-19-7-3-8-20-17/h2-5,7-8,10,15,22H,6,9,11-12H2,1H3,(H,23,24)/t15-,18-/m1/s1. The van der Waals surface area contributed by atoms with Crippen molar-refractivity contribution in [1.29, 1.82) is 0 Å². The average Bonchev–Trinajstić information content (AvgIpc) is 2.64. The zero-order valence-corrected chi connectivity index (χ0v) is 14.0. The van der Waals surface area contributed by atoms with Gasteiger partial charge in [0.15, 0.2) is 0 Å². The van der Waals surface area contributed by atoms with E-state index in [2.05, 4.69) is 9.97 Å². The molecule has 1 aliphatic heterocycles. The maximum atomic E-state index is 12.2. The summed E-state index contributed by atoms with van der Waals surface area (Å²) in [6, 6.07) is 8.98. The van der Waals surface area contributed by atoms with Crippen molar-refractivity contribution in [3.05, 3.63) is 48.3 Å². The third kappa shape index (κ3) is 3.41. The number of benzene rings is 1. The molecular weight excluding hydrogens is 322 g/mol. The van der Waals surface area contributed by atoms with E-state index in [9.17, 15) is 15.0 Å². The van der Waals surface area contributed by atoms with Crippen molar-refractivity contribution < 1.29 is 19.7 Å². The highest BCUT2D eigenvalue weighted by Gasteiger charge is 2.49. The van der Waals surface area contributed by atoms with Crippen LogP contribution >= 0.6 is 0 Å². The number of ether oxygens (including phenoxy) is 1. The van der Waals surface area contributed by atoms with E-state index in [0.717, 1.165) is 5.56 Å². The lowest BCUT2D eigenvalue weighted by molar-refractivity contribution is -0.157. The molecule has 1 aromatic carbocycles. The molecule has 0 bridgehead atoms. The van der Waals surface area contributed by atoms with Gasteiger partial charge in [0.1, 0.15) is 11.2 Å². The number of nitrogens with zero attached hydrogens (tertiary/aromatic N) is 3. The largest absolute Gasteiger partial charge is 0.497 e. The summed E-state index contributed by atoms with van der Waals surface area (Å²) in [5, 5.41) is 20.5. The lowest BCUT2D eigenvalue weighted by atomic mass is 9.73. The molecule has 7 heteroatoms. The van der Waals surface area contributed by atoms with E-state index < -0.39 is 17.5 Å². The SMILES string of the molecule is COc1cccc(C[C@@]2(C(=O)O)CN(c3ncccn3)CC[C@H]2O)c1. The molecule has 1 saturated heterocycles. The van der Waals surface area contributed by atoms with Gasteiger partial charge in [0.05, 0.1) is 13.2 Å². The van der Waals surface area contributed by atoms with Crippen LogP contribution < -0.4 is 9.64 Å². The monoisotopic (exact) mass is 343 g/mol. The van der Waals surface area contributed by atoms with E-state index in [1.54, 1.807) is 37.7 Å². The highest BCUT2D eigenvalue weighted by molar-refractivity contribution is 5.77. The Morgan fingerprint density at radius 2 is 2.12 bits per heavy atom. The van der Waals surface area contributed by atoms with E-state index in [4.69, 9.17) is 4.74 Å². The molecule has 0 saturated carbocycles. The minimum absolute atomic E-state index is 0.144. The number of carboxylic acid groups (broad SMARTS) is 1. The van der Waals surface area contributed by atoms with Crippen LogP contribution in [0.4, 0.5) is 5.95 Å². The Kier molecular flexibility index (Phi) is 4.85. The summed E-state index contributed by atoms with van der Waals surface area (Å²) < 4.78 is 5.21. The highest BCUT2D eigenvalue weighted by Crippen LogP contribution is 2.36. The van der Waals surface area contributed by atoms with E-state index in [-0.39, 0.29) is 13.0 Å². The average molecular weight is 343 g/mol. The topological polar surface area (TPSA) is 95.8 Å².